The van der Waals surface area contributed by atoms with Crippen molar-refractivity contribution in [2.45, 2.75) is 26.4 Å². The fourth-order valence-corrected chi connectivity index (χ4v) is 3.23. The average Bonchev–Trinajstić information content (AvgIpc) is 2.52. The molecule has 1 N–H and O–H groups in total. The van der Waals surface area contributed by atoms with Crippen molar-refractivity contribution in [2.75, 3.05) is 25.6 Å². The predicted molar refractivity (Wildman–Crippen MR) is 88.1 cm³/mol. The Labute approximate surface area is 133 Å². The van der Waals surface area contributed by atoms with Crippen molar-refractivity contribution in [3.05, 3.63) is 27.9 Å². The molecule has 0 aliphatic carbocycles. The van der Waals surface area contributed by atoms with E-state index in [1.807, 2.05) is 12.1 Å². The zero-order chi connectivity index (χ0) is 14.8. The summed E-state index contributed by atoms with van der Waals surface area (Å²) in [5, 5.41) is 4.63. The third kappa shape index (κ3) is 2.60. The fraction of sp³-hybridized carbons (Fsp3) is 0.438. The van der Waals surface area contributed by atoms with Crippen molar-refractivity contribution in [1.29, 1.82) is 0 Å². The lowest BCUT2D eigenvalue weighted by atomic mass is 10.0. The molecule has 0 radical (unpaired) electrons. The van der Waals surface area contributed by atoms with Crippen molar-refractivity contribution >= 4 is 32.5 Å². The Hall–Kier alpha value is -1.33. The highest BCUT2D eigenvalue weighted by molar-refractivity contribution is 9.10. The first-order valence-corrected chi connectivity index (χ1v) is 8.05. The van der Waals surface area contributed by atoms with Gasteiger partial charge in [-0.25, -0.2) is 4.98 Å². The van der Waals surface area contributed by atoms with Gasteiger partial charge in [-0.15, -0.1) is 0 Å². The van der Waals surface area contributed by atoms with Crippen LogP contribution in [0.1, 0.15) is 24.6 Å². The van der Waals surface area contributed by atoms with E-state index < -0.39 is 0 Å². The molecule has 0 atom stereocenters. The highest BCUT2D eigenvalue weighted by atomic mass is 79.9. The Morgan fingerprint density at radius 3 is 3.05 bits per heavy atom. The van der Waals surface area contributed by atoms with Gasteiger partial charge < -0.3 is 14.8 Å². The number of anilines is 1. The summed E-state index contributed by atoms with van der Waals surface area (Å²) in [6, 6.07) is 3.96. The van der Waals surface area contributed by atoms with Gasteiger partial charge in [-0.3, -0.25) is 0 Å². The molecule has 0 saturated heterocycles. The minimum atomic E-state index is 0.619. The second kappa shape index (κ2) is 6.20. The molecule has 3 rings (SSSR count). The molecule has 1 aromatic carbocycles. The molecule has 1 aliphatic rings. The Balaban J connectivity index is 2.30. The lowest BCUT2D eigenvalue weighted by molar-refractivity contribution is 0.110. The number of aromatic nitrogens is 1. The number of nitrogens with zero attached hydrogens (tertiary/aromatic N) is 1. The largest absolute Gasteiger partial charge is 0.494 e. The summed E-state index contributed by atoms with van der Waals surface area (Å²) in [4.78, 5) is 4.84. The van der Waals surface area contributed by atoms with Crippen molar-refractivity contribution < 1.29 is 9.47 Å². The summed E-state index contributed by atoms with van der Waals surface area (Å²) < 4.78 is 12.2. The molecule has 4 nitrogen and oxygen atoms in total. The average molecular weight is 351 g/mol. The van der Waals surface area contributed by atoms with Crippen LogP contribution in [-0.4, -0.2) is 25.2 Å². The lowest BCUT2D eigenvalue weighted by Crippen LogP contribution is -2.16. The zero-order valence-electron chi connectivity index (χ0n) is 12.3. The first kappa shape index (κ1) is 14.6. The van der Waals surface area contributed by atoms with E-state index in [1.165, 1.54) is 5.56 Å². The van der Waals surface area contributed by atoms with Crippen molar-refractivity contribution in [1.82, 2.24) is 4.98 Å². The van der Waals surface area contributed by atoms with Gasteiger partial charge in [0, 0.05) is 28.4 Å². The normalized spacial score (nSPS) is 14.0. The fourth-order valence-electron chi connectivity index (χ4n) is 2.71. The van der Waals surface area contributed by atoms with E-state index in [4.69, 9.17) is 14.5 Å². The molecule has 2 heterocycles. The number of benzene rings is 1. The highest BCUT2D eigenvalue weighted by Crippen LogP contribution is 2.39. The molecule has 0 amide bonds. The van der Waals surface area contributed by atoms with Crippen LogP contribution in [0.5, 0.6) is 5.75 Å². The quantitative estimate of drug-likeness (QED) is 0.907. The number of fused-ring (bicyclic) bond motifs is 2. The van der Waals surface area contributed by atoms with Crippen LogP contribution in [-0.2, 0) is 17.8 Å². The summed E-state index contributed by atoms with van der Waals surface area (Å²) in [7, 11) is 1.69. The topological polar surface area (TPSA) is 43.4 Å². The monoisotopic (exact) mass is 350 g/mol. The van der Waals surface area contributed by atoms with Gasteiger partial charge in [-0.1, -0.05) is 22.9 Å². The van der Waals surface area contributed by atoms with E-state index in [0.29, 0.717) is 6.61 Å². The van der Waals surface area contributed by atoms with E-state index >= 15 is 0 Å². The number of rotatable bonds is 4. The van der Waals surface area contributed by atoms with E-state index in [1.54, 1.807) is 7.11 Å². The third-order valence-corrected chi connectivity index (χ3v) is 4.40. The lowest BCUT2D eigenvalue weighted by Gasteiger charge is -2.23. The van der Waals surface area contributed by atoms with Crippen LogP contribution >= 0.6 is 15.9 Å². The van der Waals surface area contributed by atoms with E-state index in [2.05, 4.69) is 28.2 Å². The van der Waals surface area contributed by atoms with Crippen LogP contribution in [0.15, 0.2) is 16.6 Å². The third-order valence-electron chi connectivity index (χ3n) is 3.74. The number of pyridine rings is 1. The standard InChI is InChI=1S/C16H19BrN2O2/c1-3-7-18-15-10-9-21-8-6-12(10)19-16-13(20-2)5-4-11(17)14(15)16/h4-5H,3,6-9H2,1-2H3,(H,18,19). The zero-order valence-corrected chi connectivity index (χ0v) is 13.9. The van der Waals surface area contributed by atoms with Crippen molar-refractivity contribution in [2.24, 2.45) is 0 Å². The summed E-state index contributed by atoms with van der Waals surface area (Å²) in [6.45, 7) is 4.44. The number of halogens is 1. The Morgan fingerprint density at radius 2 is 2.29 bits per heavy atom. The Bertz CT molecular complexity index is 673. The van der Waals surface area contributed by atoms with Gasteiger partial charge in [0.05, 0.1) is 31.7 Å². The van der Waals surface area contributed by atoms with Crippen LogP contribution < -0.4 is 10.1 Å². The van der Waals surface area contributed by atoms with Gasteiger partial charge >= 0.3 is 0 Å². The summed E-state index contributed by atoms with van der Waals surface area (Å²) >= 11 is 3.65. The van der Waals surface area contributed by atoms with Crippen LogP contribution in [0.2, 0.25) is 0 Å². The Morgan fingerprint density at radius 1 is 1.43 bits per heavy atom. The summed E-state index contributed by atoms with van der Waals surface area (Å²) in [6.07, 6.45) is 1.92. The van der Waals surface area contributed by atoms with Gasteiger partial charge in [0.25, 0.3) is 0 Å². The van der Waals surface area contributed by atoms with Crippen molar-refractivity contribution in [3.8, 4) is 5.75 Å². The Kier molecular flexibility index (Phi) is 4.31. The smallest absolute Gasteiger partial charge is 0.145 e. The van der Waals surface area contributed by atoms with Gasteiger partial charge in [0.2, 0.25) is 0 Å². The van der Waals surface area contributed by atoms with Crippen LogP contribution in [0, 0.1) is 0 Å². The molecule has 0 unspecified atom stereocenters. The van der Waals surface area contributed by atoms with E-state index in [9.17, 15) is 0 Å². The number of ether oxygens (including phenoxy) is 2. The second-order valence-corrected chi connectivity index (χ2v) is 5.97. The van der Waals surface area contributed by atoms with Gasteiger partial charge in [0.15, 0.2) is 0 Å². The predicted octanol–water partition coefficient (Wildman–Crippen LogP) is 3.90. The summed E-state index contributed by atoms with van der Waals surface area (Å²) in [5.41, 5.74) is 4.33. The van der Waals surface area contributed by atoms with Gasteiger partial charge in [-0.2, -0.15) is 0 Å². The van der Waals surface area contributed by atoms with Crippen LogP contribution in [0.3, 0.4) is 0 Å². The van der Waals surface area contributed by atoms with Crippen molar-refractivity contribution in [3.63, 3.8) is 0 Å². The van der Waals surface area contributed by atoms with Gasteiger partial charge in [-0.05, 0) is 18.6 Å². The van der Waals surface area contributed by atoms with Crippen LogP contribution in [0.4, 0.5) is 5.69 Å². The first-order chi connectivity index (χ1) is 10.3. The molecule has 0 spiro atoms. The SMILES string of the molecule is CCCNc1c2c(nc3c(OC)ccc(Br)c13)CCOC2. The van der Waals surface area contributed by atoms with Crippen LogP contribution in [0.25, 0.3) is 10.9 Å². The maximum Gasteiger partial charge on any atom is 0.145 e. The molecule has 5 heteroatoms. The highest BCUT2D eigenvalue weighted by Gasteiger charge is 2.21. The second-order valence-electron chi connectivity index (χ2n) is 5.11. The van der Waals surface area contributed by atoms with E-state index in [-0.39, 0.29) is 0 Å². The minimum Gasteiger partial charge on any atom is -0.494 e. The van der Waals surface area contributed by atoms with E-state index in [0.717, 1.165) is 58.5 Å². The molecule has 2 aromatic rings. The van der Waals surface area contributed by atoms with Gasteiger partial charge in [0.1, 0.15) is 11.3 Å². The molecular formula is C16H19BrN2O2. The molecule has 21 heavy (non-hydrogen) atoms. The molecule has 0 bridgehead atoms. The molecule has 1 aromatic heterocycles. The molecule has 1 aliphatic heterocycles. The molecule has 0 saturated carbocycles. The molecular weight excluding hydrogens is 332 g/mol. The number of hydrogen-bond acceptors (Lipinski definition) is 4. The summed E-state index contributed by atoms with van der Waals surface area (Å²) in [5.74, 6) is 0.807. The maximum atomic E-state index is 5.64. The number of hydrogen-bond donors (Lipinski definition) is 1. The first-order valence-electron chi connectivity index (χ1n) is 7.25. The number of nitrogens with one attached hydrogen (secondary N) is 1. The molecule has 0 fully saturated rings. The maximum absolute atomic E-state index is 5.64. The minimum absolute atomic E-state index is 0.619. The number of methoxy groups -OCH3 is 1. The molecule has 112 valence electrons.